The third kappa shape index (κ3) is 8.80. The fraction of sp³-hybridized carbons (Fsp3) is 0.611. The fourth-order valence-corrected chi connectivity index (χ4v) is 2.24. The standard InChI is InChI=1S/C18H29NO3/c1-2-3-4-8-12-17(19)13-9-14-21-15-22-18(20)16-10-6-5-7-11-16/h5-7,10-11,17H,2-4,8-9,12-15,19H2,1H3. The van der Waals surface area contributed by atoms with E-state index in [1.165, 1.54) is 25.7 Å². The Hall–Kier alpha value is -1.39. The number of hydrogen-bond acceptors (Lipinski definition) is 4. The molecule has 1 unspecified atom stereocenters. The summed E-state index contributed by atoms with van der Waals surface area (Å²) in [6, 6.07) is 9.17. The predicted octanol–water partition coefficient (Wildman–Crippen LogP) is 3.90. The molecule has 0 aliphatic carbocycles. The number of hydrogen-bond donors (Lipinski definition) is 1. The van der Waals surface area contributed by atoms with Gasteiger partial charge in [0.15, 0.2) is 6.79 Å². The maximum Gasteiger partial charge on any atom is 0.340 e. The highest BCUT2D eigenvalue weighted by Crippen LogP contribution is 2.08. The van der Waals surface area contributed by atoms with E-state index in [2.05, 4.69) is 6.92 Å². The molecule has 0 heterocycles. The maximum atomic E-state index is 11.6. The lowest BCUT2D eigenvalue weighted by Crippen LogP contribution is -2.20. The monoisotopic (exact) mass is 307 g/mol. The van der Waals surface area contributed by atoms with Crippen LogP contribution in [0.1, 0.15) is 62.2 Å². The molecule has 22 heavy (non-hydrogen) atoms. The van der Waals surface area contributed by atoms with E-state index in [-0.39, 0.29) is 18.8 Å². The summed E-state index contributed by atoms with van der Waals surface area (Å²) in [5.74, 6) is -0.353. The Morgan fingerprint density at radius 3 is 2.55 bits per heavy atom. The number of benzene rings is 1. The molecule has 4 heteroatoms. The number of unbranched alkanes of at least 4 members (excludes halogenated alkanes) is 3. The second-order valence-electron chi connectivity index (χ2n) is 5.58. The van der Waals surface area contributed by atoms with Crippen LogP contribution in [0.15, 0.2) is 30.3 Å². The van der Waals surface area contributed by atoms with E-state index >= 15 is 0 Å². The van der Waals surface area contributed by atoms with Gasteiger partial charge in [0.05, 0.1) is 12.2 Å². The molecule has 0 spiro atoms. The molecular weight excluding hydrogens is 278 g/mol. The largest absolute Gasteiger partial charge is 0.435 e. The summed E-state index contributed by atoms with van der Waals surface area (Å²) in [6.07, 6.45) is 7.98. The van der Waals surface area contributed by atoms with E-state index in [1.54, 1.807) is 24.3 Å². The zero-order chi connectivity index (χ0) is 16.0. The Morgan fingerprint density at radius 2 is 1.82 bits per heavy atom. The van der Waals surface area contributed by atoms with Gasteiger partial charge in [-0.1, -0.05) is 50.8 Å². The van der Waals surface area contributed by atoms with Crippen molar-refractivity contribution in [2.75, 3.05) is 13.4 Å². The molecule has 124 valence electrons. The average molecular weight is 307 g/mol. The van der Waals surface area contributed by atoms with E-state index in [1.807, 2.05) is 6.07 Å². The summed E-state index contributed by atoms with van der Waals surface area (Å²) in [7, 11) is 0. The number of esters is 1. The van der Waals surface area contributed by atoms with Gasteiger partial charge in [-0.25, -0.2) is 4.79 Å². The van der Waals surface area contributed by atoms with Crippen LogP contribution >= 0.6 is 0 Å². The van der Waals surface area contributed by atoms with E-state index < -0.39 is 0 Å². The van der Waals surface area contributed by atoms with Crippen molar-refractivity contribution in [3.63, 3.8) is 0 Å². The summed E-state index contributed by atoms with van der Waals surface area (Å²) in [4.78, 5) is 11.6. The molecular formula is C18H29NO3. The van der Waals surface area contributed by atoms with Gasteiger partial charge in [0.1, 0.15) is 0 Å². The van der Waals surface area contributed by atoms with Gasteiger partial charge in [-0.15, -0.1) is 0 Å². The number of ether oxygens (including phenoxy) is 2. The lowest BCUT2D eigenvalue weighted by molar-refractivity contribution is -0.0325. The fourth-order valence-electron chi connectivity index (χ4n) is 2.24. The van der Waals surface area contributed by atoms with Crippen LogP contribution in [0, 0.1) is 0 Å². The Morgan fingerprint density at radius 1 is 1.09 bits per heavy atom. The Balaban J connectivity index is 1.96. The second-order valence-corrected chi connectivity index (χ2v) is 5.58. The van der Waals surface area contributed by atoms with Gasteiger partial charge in [0.2, 0.25) is 0 Å². The molecule has 1 rings (SSSR count). The van der Waals surface area contributed by atoms with Gasteiger partial charge in [0, 0.05) is 6.04 Å². The van der Waals surface area contributed by atoms with E-state index in [0.29, 0.717) is 12.2 Å². The van der Waals surface area contributed by atoms with Crippen LogP contribution in [0.4, 0.5) is 0 Å². The van der Waals surface area contributed by atoms with Crippen molar-refractivity contribution in [1.29, 1.82) is 0 Å². The number of nitrogens with two attached hydrogens (primary N) is 1. The summed E-state index contributed by atoms with van der Waals surface area (Å²) in [5.41, 5.74) is 6.60. The third-order valence-electron chi connectivity index (χ3n) is 3.57. The Bertz CT molecular complexity index is 395. The lowest BCUT2D eigenvalue weighted by atomic mass is 10.0. The number of carbonyl (C=O) groups excluding carboxylic acids is 1. The molecule has 0 radical (unpaired) electrons. The minimum atomic E-state index is -0.353. The van der Waals surface area contributed by atoms with Crippen LogP contribution < -0.4 is 5.73 Å². The SMILES string of the molecule is CCCCCCC(N)CCCOCOC(=O)c1ccccc1. The van der Waals surface area contributed by atoms with Crippen LogP contribution in [0.25, 0.3) is 0 Å². The molecule has 1 aromatic carbocycles. The molecule has 0 saturated carbocycles. The second kappa shape index (κ2) is 12.2. The van der Waals surface area contributed by atoms with Crippen LogP contribution in [-0.2, 0) is 9.47 Å². The van der Waals surface area contributed by atoms with Gasteiger partial charge in [-0.2, -0.15) is 0 Å². The van der Waals surface area contributed by atoms with Crippen molar-refractivity contribution in [1.82, 2.24) is 0 Å². The topological polar surface area (TPSA) is 61.6 Å². The Labute approximate surface area is 134 Å². The summed E-state index contributed by atoms with van der Waals surface area (Å²) in [5, 5.41) is 0. The normalized spacial score (nSPS) is 12.1. The minimum Gasteiger partial charge on any atom is -0.435 e. The van der Waals surface area contributed by atoms with Crippen molar-refractivity contribution in [2.45, 2.75) is 57.9 Å². The van der Waals surface area contributed by atoms with Crippen molar-refractivity contribution in [3.8, 4) is 0 Å². The third-order valence-corrected chi connectivity index (χ3v) is 3.57. The van der Waals surface area contributed by atoms with E-state index in [9.17, 15) is 4.79 Å². The first-order valence-corrected chi connectivity index (χ1v) is 8.29. The van der Waals surface area contributed by atoms with Gasteiger partial charge in [-0.3, -0.25) is 0 Å². The molecule has 1 atom stereocenters. The zero-order valence-electron chi connectivity index (χ0n) is 13.6. The molecule has 0 fully saturated rings. The van der Waals surface area contributed by atoms with E-state index in [4.69, 9.17) is 15.2 Å². The highest BCUT2D eigenvalue weighted by molar-refractivity contribution is 5.89. The smallest absolute Gasteiger partial charge is 0.340 e. The number of rotatable bonds is 12. The van der Waals surface area contributed by atoms with Gasteiger partial charge < -0.3 is 15.2 Å². The number of carbonyl (C=O) groups is 1. The molecule has 0 aliphatic rings. The molecule has 0 saturated heterocycles. The van der Waals surface area contributed by atoms with Crippen LogP contribution in [0.2, 0.25) is 0 Å². The zero-order valence-corrected chi connectivity index (χ0v) is 13.6. The van der Waals surface area contributed by atoms with Gasteiger partial charge in [0.25, 0.3) is 0 Å². The van der Waals surface area contributed by atoms with Crippen molar-refractivity contribution in [2.24, 2.45) is 5.73 Å². The lowest BCUT2D eigenvalue weighted by Gasteiger charge is -2.11. The van der Waals surface area contributed by atoms with E-state index in [0.717, 1.165) is 19.3 Å². The van der Waals surface area contributed by atoms with Crippen molar-refractivity contribution < 1.29 is 14.3 Å². The highest BCUT2D eigenvalue weighted by Gasteiger charge is 2.06. The molecule has 0 bridgehead atoms. The van der Waals surface area contributed by atoms with Crippen LogP contribution in [0.5, 0.6) is 0 Å². The summed E-state index contributed by atoms with van der Waals surface area (Å²) in [6.45, 7) is 2.78. The first kappa shape index (κ1) is 18.7. The average Bonchev–Trinajstić information content (AvgIpc) is 2.55. The molecule has 1 aromatic rings. The minimum absolute atomic E-state index is 0.000530. The predicted molar refractivity (Wildman–Crippen MR) is 88.6 cm³/mol. The van der Waals surface area contributed by atoms with Crippen molar-refractivity contribution in [3.05, 3.63) is 35.9 Å². The van der Waals surface area contributed by atoms with Gasteiger partial charge in [-0.05, 0) is 31.4 Å². The quantitative estimate of drug-likeness (QED) is 0.361. The summed E-state index contributed by atoms with van der Waals surface area (Å²) < 4.78 is 10.4. The molecule has 2 N–H and O–H groups in total. The molecule has 0 aromatic heterocycles. The van der Waals surface area contributed by atoms with Gasteiger partial charge >= 0.3 is 5.97 Å². The molecule has 0 amide bonds. The first-order chi connectivity index (χ1) is 10.7. The maximum absolute atomic E-state index is 11.6. The summed E-state index contributed by atoms with van der Waals surface area (Å²) >= 11 is 0. The molecule has 0 aliphatic heterocycles. The Kier molecular flexibility index (Phi) is 10.3. The van der Waals surface area contributed by atoms with Crippen LogP contribution in [-0.4, -0.2) is 25.4 Å². The van der Waals surface area contributed by atoms with Crippen molar-refractivity contribution >= 4 is 5.97 Å². The highest BCUT2D eigenvalue weighted by atomic mass is 16.7. The molecule has 4 nitrogen and oxygen atoms in total. The first-order valence-electron chi connectivity index (χ1n) is 8.29. The van der Waals surface area contributed by atoms with Crippen LogP contribution in [0.3, 0.4) is 0 Å².